The van der Waals surface area contributed by atoms with Crippen molar-refractivity contribution < 1.29 is 32.3 Å². The van der Waals surface area contributed by atoms with Crippen LogP contribution < -0.4 is 5.32 Å². The van der Waals surface area contributed by atoms with E-state index in [0.29, 0.717) is 19.5 Å². The van der Waals surface area contributed by atoms with Crippen molar-refractivity contribution in [2.45, 2.75) is 50.0 Å². The van der Waals surface area contributed by atoms with Crippen LogP contribution in [0.15, 0.2) is 52.8 Å². The molecule has 3 aliphatic rings. The summed E-state index contributed by atoms with van der Waals surface area (Å²) in [6.45, 7) is 0.842. The van der Waals surface area contributed by atoms with Crippen molar-refractivity contribution in [1.29, 1.82) is 5.41 Å². The second-order valence-electron chi connectivity index (χ2n) is 11.0. The van der Waals surface area contributed by atoms with E-state index in [4.69, 9.17) is 21.7 Å². The van der Waals surface area contributed by atoms with E-state index < -0.39 is 35.4 Å². The number of methoxy groups -OCH3 is 1. The predicted molar refractivity (Wildman–Crippen MR) is 151 cm³/mol. The molecule has 2 aromatic carbocycles. The van der Waals surface area contributed by atoms with Gasteiger partial charge in [-0.25, -0.2) is 13.2 Å². The highest BCUT2D eigenvalue weighted by Gasteiger charge is 2.54. The van der Waals surface area contributed by atoms with Gasteiger partial charge in [-0.2, -0.15) is 0 Å². The maximum atomic E-state index is 15.1. The van der Waals surface area contributed by atoms with Crippen molar-refractivity contribution in [2.75, 3.05) is 20.2 Å². The second kappa shape index (κ2) is 12.0. The topological polar surface area (TPSA) is 129 Å². The number of likely N-dealkylation sites (tertiary alicyclic amines) is 1. The zero-order valence-electron chi connectivity index (χ0n) is 23.1. The first kappa shape index (κ1) is 30.6. The van der Waals surface area contributed by atoms with E-state index in [0.717, 1.165) is 18.2 Å². The van der Waals surface area contributed by atoms with Gasteiger partial charge in [-0.15, -0.1) is 4.91 Å². The quantitative estimate of drug-likeness (QED) is 0.288. The van der Waals surface area contributed by atoms with Crippen LogP contribution in [-0.4, -0.2) is 61.1 Å². The van der Waals surface area contributed by atoms with Crippen LogP contribution in [-0.2, 0) is 14.9 Å². The van der Waals surface area contributed by atoms with Gasteiger partial charge in [-0.3, -0.25) is 19.8 Å². The van der Waals surface area contributed by atoms with E-state index in [1.807, 2.05) is 0 Å². The number of hydrogen-bond acceptors (Lipinski definition) is 6. The average Bonchev–Trinajstić information content (AvgIpc) is 3.78. The number of halogens is 4. The normalized spacial score (nSPS) is 19.6. The summed E-state index contributed by atoms with van der Waals surface area (Å²) in [7, 11) is 1.56. The van der Waals surface area contributed by atoms with Crippen molar-refractivity contribution in [1.82, 2.24) is 10.2 Å². The molecule has 2 aliphatic carbocycles. The third-order valence-corrected chi connectivity index (χ3v) is 8.83. The predicted octanol–water partition coefficient (Wildman–Crippen LogP) is 5.39. The zero-order valence-corrected chi connectivity index (χ0v) is 23.8. The first-order chi connectivity index (χ1) is 20.5. The van der Waals surface area contributed by atoms with Gasteiger partial charge < -0.3 is 15.0 Å². The second-order valence-corrected chi connectivity index (χ2v) is 11.4. The van der Waals surface area contributed by atoms with Gasteiger partial charge in [0.25, 0.3) is 5.91 Å². The number of amides is 3. The third-order valence-electron chi connectivity index (χ3n) is 8.52. The smallest absolute Gasteiger partial charge is 0.316 e. The summed E-state index contributed by atoms with van der Waals surface area (Å²) in [5, 5.41) is 13.8. The molecule has 43 heavy (non-hydrogen) atoms. The lowest BCUT2D eigenvalue weighted by atomic mass is 9.82. The van der Waals surface area contributed by atoms with Gasteiger partial charge in [-0.1, -0.05) is 23.7 Å². The van der Waals surface area contributed by atoms with Gasteiger partial charge in [0.1, 0.15) is 5.82 Å². The van der Waals surface area contributed by atoms with Crippen molar-refractivity contribution in [2.24, 2.45) is 11.1 Å². The fourth-order valence-electron chi connectivity index (χ4n) is 5.75. The molecule has 1 saturated carbocycles. The summed E-state index contributed by atoms with van der Waals surface area (Å²) in [6.07, 6.45) is -1.96. The van der Waals surface area contributed by atoms with Crippen LogP contribution in [0.4, 0.5) is 13.2 Å². The summed E-state index contributed by atoms with van der Waals surface area (Å²) >= 11 is 6.38. The first-order valence-corrected chi connectivity index (χ1v) is 14.1. The van der Waals surface area contributed by atoms with Gasteiger partial charge in [0.2, 0.25) is 12.3 Å². The Bertz CT molecular complexity index is 1550. The monoisotopic (exact) mass is 616 g/mol. The third kappa shape index (κ3) is 5.73. The van der Waals surface area contributed by atoms with Crippen LogP contribution in [0.3, 0.4) is 0 Å². The summed E-state index contributed by atoms with van der Waals surface area (Å²) < 4.78 is 48.4. The van der Waals surface area contributed by atoms with Crippen molar-refractivity contribution >= 4 is 35.0 Å². The number of carbonyl (C=O) groups is 3. The highest BCUT2D eigenvalue weighted by atomic mass is 35.5. The number of hydrogen-bond donors (Lipinski definition) is 2. The molecular formula is C30H28ClF3N4O5. The van der Waals surface area contributed by atoms with Crippen molar-refractivity contribution in [3.8, 4) is 0 Å². The van der Waals surface area contributed by atoms with Crippen LogP contribution in [0.2, 0.25) is 5.02 Å². The fourth-order valence-corrected chi connectivity index (χ4v) is 6.02. The summed E-state index contributed by atoms with van der Waals surface area (Å²) in [5.41, 5.74) is -1.86. The molecule has 2 aromatic rings. The first-order valence-electron chi connectivity index (χ1n) is 13.7. The van der Waals surface area contributed by atoms with Crippen molar-refractivity contribution in [3.63, 3.8) is 0 Å². The minimum absolute atomic E-state index is 0.00343. The lowest BCUT2D eigenvalue weighted by Crippen LogP contribution is -2.56. The average molecular weight is 617 g/mol. The molecule has 13 heteroatoms. The Morgan fingerprint density at radius 3 is 2.51 bits per heavy atom. The van der Waals surface area contributed by atoms with Crippen molar-refractivity contribution in [3.05, 3.63) is 85.7 Å². The van der Waals surface area contributed by atoms with Crippen LogP contribution in [0.25, 0.3) is 0 Å². The highest BCUT2D eigenvalue weighted by Crippen LogP contribution is 2.54. The number of nitroso groups, excluding NO2 is 1. The van der Waals surface area contributed by atoms with E-state index in [-0.39, 0.29) is 82.0 Å². The molecule has 9 nitrogen and oxygen atoms in total. The molecule has 1 atom stereocenters. The zero-order chi connectivity index (χ0) is 31.1. The number of nitrogens with one attached hydrogen (secondary N) is 2. The van der Waals surface area contributed by atoms with E-state index in [1.165, 1.54) is 18.2 Å². The van der Waals surface area contributed by atoms with Crippen LogP contribution in [0, 0.1) is 22.1 Å². The lowest BCUT2D eigenvalue weighted by Gasteiger charge is -2.41. The Labute approximate surface area is 249 Å². The molecule has 0 bridgehead atoms. The molecule has 0 radical (unpaired) electrons. The number of nitrogens with zero attached hydrogens (tertiary/aromatic N) is 2. The minimum atomic E-state index is -2.71. The van der Waals surface area contributed by atoms with E-state index in [2.05, 4.69) is 10.5 Å². The van der Waals surface area contributed by atoms with E-state index in [9.17, 15) is 28.1 Å². The fraction of sp³-hybridized carbons (Fsp3) is 0.400. The summed E-state index contributed by atoms with van der Waals surface area (Å²) in [5.74, 6) is -3.62. The maximum absolute atomic E-state index is 15.1. The largest absolute Gasteiger partial charge is 0.378 e. The van der Waals surface area contributed by atoms with Crippen LogP contribution in [0.5, 0.6) is 0 Å². The van der Waals surface area contributed by atoms with Crippen LogP contribution >= 0.6 is 11.6 Å². The number of rotatable bonds is 9. The lowest BCUT2D eigenvalue weighted by molar-refractivity contribution is -0.147. The molecule has 2 N–H and O–H groups in total. The molecule has 1 unspecified atom stereocenters. The Morgan fingerprint density at radius 2 is 1.91 bits per heavy atom. The number of carbonyl (C=O) groups excluding carboxylic acids is 3. The Hall–Kier alpha value is -3.90. The van der Waals surface area contributed by atoms with Gasteiger partial charge in [0.05, 0.1) is 27.8 Å². The Balaban J connectivity index is 1.50. The SMILES string of the molecule is COC1CN(C(=O)C2CCC(C(=N)c3ccc(C(=O)N=O)cc3F)=C(NC(=O)c3c(Cl)cccc3C3(C(F)F)CC3)C2)C1. The Morgan fingerprint density at radius 1 is 1.19 bits per heavy atom. The molecule has 1 heterocycles. The van der Waals surface area contributed by atoms with Gasteiger partial charge >= 0.3 is 5.91 Å². The van der Waals surface area contributed by atoms with Crippen LogP contribution in [0.1, 0.15) is 63.9 Å². The molecule has 226 valence electrons. The number of alkyl halides is 2. The molecule has 3 amide bonds. The molecular weight excluding hydrogens is 589 g/mol. The molecule has 1 saturated heterocycles. The Kier molecular flexibility index (Phi) is 8.53. The molecule has 5 rings (SSSR count). The van der Waals surface area contributed by atoms with E-state index >= 15 is 4.39 Å². The molecule has 2 fully saturated rings. The van der Waals surface area contributed by atoms with Gasteiger partial charge in [-0.05, 0) is 67.5 Å². The highest BCUT2D eigenvalue weighted by molar-refractivity contribution is 6.34. The number of allylic oxidation sites excluding steroid dienone is 2. The number of benzene rings is 2. The van der Waals surface area contributed by atoms with Gasteiger partial charge in [0, 0.05) is 48.1 Å². The molecule has 1 aliphatic heterocycles. The summed E-state index contributed by atoms with van der Waals surface area (Å²) in [6, 6.07) is 7.51. The summed E-state index contributed by atoms with van der Waals surface area (Å²) in [4.78, 5) is 50.8. The van der Waals surface area contributed by atoms with Gasteiger partial charge in [0.15, 0.2) is 0 Å². The minimum Gasteiger partial charge on any atom is -0.378 e. The molecule has 0 spiro atoms. The molecule has 0 aromatic heterocycles. The number of ether oxygens (including phenoxy) is 1. The maximum Gasteiger partial charge on any atom is 0.316 e. The standard InChI is InChI=1S/C30H28ClF3N4O5/c1-43-17-13-38(14-17)28(41)16-6-8-19(25(35)18-7-5-15(11-22(18)32)26(39)37-42)23(12-16)36-27(40)24-20(3-2-4-21(24)31)30(9-10-30)29(33)34/h2-5,7,11,16-17,29,35H,6,8-10,12-14H2,1H3,(H,36,40). The van der Waals surface area contributed by atoms with E-state index in [1.54, 1.807) is 12.0 Å².